The largest absolute Gasteiger partial charge is 0.481 e. The van der Waals surface area contributed by atoms with Crippen molar-refractivity contribution in [3.8, 4) is 18.1 Å². The molecule has 0 N–H and O–H groups in total. The molecule has 0 aliphatic heterocycles. The highest BCUT2D eigenvalue weighted by Crippen LogP contribution is 2.24. The van der Waals surface area contributed by atoms with E-state index in [2.05, 4.69) is 16.1 Å². The predicted molar refractivity (Wildman–Crippen MR) is 120 cm³/mol. The number of ether oxygens (including phenoxy) is 1. The normalized spacial score (nSPS) is 9.71. The fraction of sp³-hybridized carbons (Fsp3) is 0.250. The zero-order chi connectivity index (χ0) is 20.8. The number of nitrogens with zero attached hydrogens (tertiary/aromatic N) is 2. The van der Waals surface area contributed by atoms with Crippen molar-refractivity contribution in [2.24, 2.45) is 0 Å². The summed E-state index contributed by atoms with van der Waals surface area (Å²) in [5.74, 6) is 3.20. The van der Waals surface area contributed by atoms with Crippen LogP contribution in [-0.2, 0) is 6.42 Å². The number of aromatic nitrogens is 2. The highest BCUT2D eigenvalue weighted by Gasteiger charge is 2.08. The predicted octanol–water partition coefficient (Wildman–Crippen LogP) is 6.49. The third-order valence-electron chi connectivity index (χ3n) is 3.67. The summed E-state index contributed by atoms with van der Waals surface area (Å²) in [6.07, 6.45) is 9.85. The lowest BCUT2D eigenvalue weighted by molar-refractivity contribution is 0.370. The van der Waals surface area contributed by atoms with Gasteiger partial charge in [-0.3, -0.25) is 0 Å². The number of hydrogen-bond acceptors (Lipinski definition) is 3. The van der Waals surface area contributed by atoms with Gasteiger partial charge in [0.2, 0.25) is 0 Å². The van der Waals surface area contributed by atoms with E-state index in [-0.39, 0.29) is 6.61 Å². The fourth-order valence-electron chi connectivity index (χ4n) is 2.28. The van der Waals surface area contributed by atoms with Gasteiger partial charge >= 0.3 is 0 Å². The van der Waals surface area contributed by atoms with Gasteiger partial charge in [0.1, 0.15) is 12.4 Å². The SMILES string of the molecule is C#CCOc1ccc(Cc2nnc(Cl)c3ccccc23)cc1.C/C=C\C.CC. The van der Waals surface area contributed by atoms with Gasteiger partial charge in [0.05, 0.1) is 5.69 Å². The van der Waals surface area contributed by atoms with Gasteiger partial charge < -0.3 is 4.74 Å². The lowest BCUT2D eigenvalue weighted by atomic mass is 10.0. The minimum Gasteiger partial charge on any atom is -0.481 e. The van der Waals surface area contributed by atoms with E-state index in [1.165, 1.54) is 0 Å². The molecule has 0 fully saturated rings. The molecule has 146 valence electrons. The molecule has 1 aromatic heterocycles. The van der Waals surface area contributed by atoms with Crippen molar-refractivity contribution in [3.05, 3.63) is 77.1 Å². The second kappa shape index (κ2) is 13.4. The number of rotatable bonds is 4. The maximum absolute atomic E-state index is 6.10. The average Bonchev–Trinajstić information content (AvgIpc) is 2.77. The minimum absolute atomic E-state index is 0.270. The Hall–Kier alpha value is -2.83. The number of halogens is 1. The van der Waals surface area contributed by atoms with E-state index in [4.69, 9.17) is 22.8 Å². The zero-order valence-corrected chi connectivity index (χ0v) is 17.7. The summed E-state index contributed by atoms with van der Waals surface area (Å²) >= 11 is 6.10. The van der Waals surface area contributed by atoms with Gasteiger partial charge in [0, 0.05) is 17.2 Å². The van der Waals surface area contributed by atoms with E-state index in [0.29, 0.717) is 11.6 Å². The summed E-state index contributed by atoms with van der Waals surface area (Å²) in [4.78, 5) is 0. The van der Waals surface area contributed by atoms with Gasteiger partial charge in [0.15, 0.2) is 5.15 Å². The molecule has 1 heterocycles. The molecule has 4 heteroatoms. The van der Waals surface area contributed by atoms with Crippen LogP contribution in [0.15, 0.2) is 60.7 Å². The smallest absolute Gasteiger partial charge is 0.159 e. The van der Waals surface area contributed by atoms with Crippen molar-refractivity contribution < 1.29 is 4.74 Å². The van der Waals surface area contributed by atoms with Crippen LogP contribution in [0.4, 0.5) is 0 Å². The molecular formula is C24H27ClN2O. The van der Waals surface area contributed by atoms with E-state index in [1.807, 2.05) is 88.4 Å². The summed E-state index contributed by atoms with van der Waals surface area (Å²) in [6.45, 7) is 8.27. The van der Waals surface area contributed by atoms with Gasteiger partial charge in [-0.1, -0.05) is 79.9 Å². The molecule has 0 atom stereocenters. The molecule has 0 unspecified atom stereocenters. The molecule has 0 amide bonds. The van der Waals surface area contributed by atoms with E-state index in [0.717, 1.165) is 27.8 Å². The van der Waals surface area contributed by atoms with Gasteiger partial charge in [0.25, 0.3) is 0 Å². The number of benzene rings is 2. The standard InChI is InChI=1S/C18H13ClN2O.C4H8.C2H6/c1-2-11-22-14-9-7-13(8-10-14)12-17-15-5-3-4-6-16(15)18(19)21-20-17;1-3-4-2;1-2/h1,3-10H,11-12H2;3-4H,1-2H3;1-2H3/b;4-3-;. The first-order chi connectivity index (χ1) is 13.7. The lowest BCUT2D eigenvalue weighted by Gasteiger charge is -2.07. The molecule has 3 rings (SSSR count). The second-order valence-corrected chi connectivity index (χ2v) is 5.82. The third-order valence-corrected chi connectivity index (χ3v) is 3.95. The van der Waals surface area contributed by atoms with Crippen LogP contribution in [0, 0.1) is 12.3 Å². The molecule has 0 aliphatic carbocycles. The van der Waals surface area contributed by atoms with Crippen LogP contribution in [0.3, 0.4) is 0 Å². The topological polar surface area (TPSA) is 35.0 Å². The first-order valence-corrected chi connectivity index (χ1v) is 9.69. The Kier molecular flexibility index (Phi) is 11.1. The second-order valence-electron chi connectivity index (χ2n) is 5.46. The Morgan fingerprint density at radius 1 is 0.964 bits per heavy atom. The van der Waals surface area contributed by atoms with Crippen LogP contribution < -0.4 is 4.74 Å². The molecule has 0 saturated carbocycles. The summed E-state index contributed by atoms with van der Waals surface area (Å²) < 4.78 is 5.36. The Bertz CT molecular complexity index is 908. The van der Waals surface area contributed by atoms with Crippen LogP contribution in [0.1, 0.15) is 39.0 Å². The summed E-state index contributed by atoms with van der Waals surface area (Å²) in [5, 5.41) is 10.6. The van der Waals surface area contributed by atoms with Gasteiger partial charge in [-0.05, 0) is 31.5 Å². The Balaban J connectivity index is 0.000000583. The van der Waals surface area contributed by atoms with Crippen LogP contribution in [0.5, 0.6) is 5.75 Å². The molecule has 28 heavy (non-hydrogen) atoms. The summed E-state index contributed by atoms with van der Waals surface area (Å²) in [7, 11) is 0. The Morgan fingerprint density at radius 3 is 2.14 bits per heavy atom. The van der Waals surface area contributed by atoms with E-state index in [1.54, 1.807) is 0 Å². The quantitative estimate of drug-likeness (QED) is 0.374. The molecule has 0 aliphatic rings. The average molecular weight is 395 g/mol. The number of fused-ring (bicyclic) bond motifs is 1. The van der Waals surface area contributed by atoms with Crippen LogP contribution in [0.25, 0.3) is 10.8 Å². The fourth-order valence-corrected chi connectivity index (χ4v) is 2.48. The van der Waals surface area contributed by atoms with Gasteiger partial charge in [-0.2, -0.15) is 5.10 Å². The van der Waals surface area contributed by atoms with Crippen molar-refractivity contribution >= 4 is 22.4 Å². The van der Waals surface area contributed by atoms with Crippen molar-refractivity contribution in [3.63, 3.8) is 0 Å². The maximum Gasteiger partial charge on any atom is 0.159 e. The van der Waals surface area contributed by atoms with Gasteiger partial charge in [-0.25, -0.2) is 0 Å². The Morgan fingerprint density at radius 2 is 1.57 bits per heavy atom. The van der Waals surface area contributed by atoms with Crippen LogP contribution in [-0.4, -0.2) is 16.8 Å². The highest BCUT2D eigenvalue weighted by atomic mass is 35.5. The number of terminal acetylenes is 1. The first kappa shape index (κ1) is 23.2. The van der Waals surface area contributed by atoms with Crippen molar-refractivity contribution in [1.82, 2.24) is 10.2 Å². The molecule has 0 radical (unpaired) electrons. The monoisotopic (exact) mass is 394 g/mol. The third kappa shape index (κ3) is 7.06. The van der Waals surface area contributed by atoms with Crippen LogP contribution >= 0.6 is 11.6 Å². The van der Waals surface area contributed by atoms with Crippen molar-refractivity contribution in [2.45, 2.75) is 34.1 Å². The lowest BCUT2D eigenvalue weighted by Crippen LogP contribution is -1.98. The number of allylic oxidation sites excluding steroid dienone is 2. The molecule has 3 aromatic rings. The molecular weight excluding hydrogens is 368 g/mol. The highest BCUT2D eigenvalue weighted by molar-refractivity contribution is 6.34. The molecule has 3 nitrogen and oxygen atoms in total. The summed E-state index contributed by atoms with van der Waals surface area (Å²) in [6, 6.07) is 15.7. The molecule has 0 saturated heterocycles. The molecule has 0 bridgehead atoms. The van der Waals surface area contributed by atoms with E-state index < -0.39 is 0 Å². The van der Waals surface area contributed by atoms with E-state index >= 15 is 0 Å². The van der Waals surface area contributed by atoms with Gasteiger partial charge in [-0.15, -0.1) is 11.5 Å². The maximum atomic E-state index is 6.10. The minimum atomic E-state index is 0.270. The van der Waals surface area contributed by atoms with Crippen molar-refractivity contribution in [2.75, 3.05) is 6.61 Å². The van der Waals surface area contributed by atoms with Crippen molar-refractivity contribution in [1.29, 1.82) is 0 Å². The molecule has 2 aromatic carbocycles. The van der Waals surface area contributed by atoms with E-state index in [9.17, 15) is 0 Å². The first-order valence-electron chi connectivity index (χ1n) is 9.32. The zero-order valence-electron chi connectivity index (χ0n) is 16.9. The Labute approximate surface area is 173 Å². The summed E-state index contributed by atoms with van der Waals surface area (Å²) in [5.41, 5.74) is 2.02. The van der Waals surface area contributed by atoms with Crippen LogP contribution in [0.2, 0.25) is 5.15 Å². The molecule has 0 spiro atoms. The number of hydrogen-bond donors (Lipinski definition) is 0.